The number of aromatic nitrogens is 1. The molecule has 0 radical (unpaired) electrons. The van der Waals surface area contributed by atoms with Crippen LogP contribution in [0.15, 0.2) is 69.0 Å². The number of hydrogen-bond donors (Lipinski definition) is 0. The molecule has 0 bridgehead atoms. The molecule has 1 amide bonds. The van der Waals surface area contributed by atoms with Gasteiger partial charge in [0, 0.05) is 29.1 Å². The Labute approximate surface area is 172 Å². The van der Waals surface area contributed by atoms with Gasteiger partial charge in [0.15, 0.2) is 0 Å². The standard InChI is InChI=1S/C21H19BrN2O3S/c22-15-8-10-16(11-9-15)28(26,27)20-17-6-2-3-7-19(17)23-14-18(20)21(25)24-12-4-1-5-13-24/h2-3,6-11,14H,1,4-5,12-13H2. The molecule has 2 heterocycles. The zero-order valence-electron chi connectivity index (χ0n) is 15.1. The van der Waals surface area contributed by atoms with E-state index in [1.165, 1.54) is 6.20 Å². The van der Waals surface area contributed by atoms with E-state index in [-0.39, 0.29) is 21.3 Å². The number of fused-ring (bicyclic) bond motifs is 1. The van der Waals surface area contributed by atoms with Gasteiger partial charge in [0.05, 0.1) is 20.9 Å². The van der Waals surface area contributed by atoms with Crippen molar-refractivity contribution >= 4 is 42.6 Å². The largest absolute Gasteiger partial charge is 0.339 e. The van der Waals surface area contributed by atoms with Gasteiger partial charge < -0.3 is 4.90 Å². The fourth-order valence-electron chi connectivity index (χ4n) is 3.56. The Balaban J connectivity index is 1.94. The molecule has 0 aliphatic carbocycles. The van der Waals surface area contributed by atoms with Gasteiger partial charge in [0.1, 0.15) is 0 Å². The van der Waals surface area contributed by atoms with Crippen molar-refractivity contribution in [3.8, 4) is 0 Å². The number of benzene rings is 2. The van der Waals surface area contributed by atoms with E-state index in [9.17, 15) is 13.2 Å². The summed E-state index contributed by atoms with van der Waals surface area (Å²) in [5.41, 5.74) is 0.692. The quantitative estimate of drug-likeness (QED) is 0.580. The van der Waals surface area contributed by atoms with Crippen LogP contribution in [-0.4, -0.2) is 37.3 Å². The number of piperidine rings is 1. The van der Waals surface area contributed by atoms with Crippen LogP contribution in [0.3, 0.4) is 0 Å². The number of sulfone groups is 1. The van der Waals surface area contributed by atoms with Gasteiger partial charge in [0.25, 0.3) is 5.91 Å². The van der Waals surface area contributed by atoms with E-state index >= 15 is 0 Å². The lowest BCUT2D eigenvalue weighted by Crippen LogP contribution is -2.36. The molecule has 1 saturated heterocycles. The molecule has 1 aromatic heterocycles. The Morgan fingerprint density at radius 3 is 2.36 bits per heavy atom. The lowest BCUT2D eigenvalue weighted by molar-refractivity contribution is 0.0720. The molecule has 0 N–H and O–H groups in total. The van der Waals surface area contributed by atoms with E-state index in [4.69, 9.17) is 0 Å². The Kier molecular flexibility index (Phi) is 5.21. The minimum Gasteiger partial charge on any atom is -0.339 e. The first kappa shape index (κ1) is 19.1. The zero-order valence-corrected chi connectivity index (χ0v) is 17.5. The van der Waals surface area contributed by atoms with Crippen molar-refractivity contribution in [2.24, 2.45) is 0 Å². The topological polar surface area (TPSA) is 67.3 Å². The summed E-state index contributed by atoms with van der Waals surface area (Å²) in [7, 11) is -3.91. The van der Waals surface area contributed by atoms with E-state index in [1.807, 2.05) is 0 Å². The minimum atomic E-state index is -3.91. The monoisotopic (exact) mass is 458 g/mol. The molecule has 3 aromatic rings. The van der Waals surface area contributed by atoms with Crippen molar-refractivity contribution in [1.29, 1.82) is 0 Å². The second-order valence-corrected chi connectivity index (χ2v) is 9.63. The van der Waals surface area contributed by atoms with Crippen molar-refractivity contribution in [3.63, 3.8) is 0 Å². The summed E-state index contributed by atoms with van der Waals surface area (Å²) in [5.74, 6) is -0.270. The van der Waals surface area contributed by atoms with E-state index in [2.05, 4.69) is 20.9 Å². The molecule has 5 nitrogen and oxygen atoms in total. The molecule has 0 atom stereocenters. The maximum Gasteiger partial charge on any atom is 0.256 e. The summed E-state index contributed by atoms with van der Waals surface area (Å²) in [4.78, 5) is 19.5. The van der Waals surface area contributed by atoms with Crippen molar-refractivity contribution in [2.45, 2.75) is 29.1 Å². The van der Waals surface area contributed by atoms with Crippen molar-refractivity contribution in [2.75, 3.05) is 13.1 Å². The van der Waals surface area contributed by atoms with Crippen LogP contribution in [0.25, 0.3) is 10.9 Å². The fraction of sp³-hybridized carbons (Fsp3) is 0.238. The number of carbonyl (C=O) groups excluding carboxylic acids is 1. The minimum absolute atomic E-state index is 0.0380. The van der Waals surface area contributed by atoms with E-state index in [0.29, 0.717) is 24.0 Å². The number of pyridine rings is 1. The Morgan fingerprint density at radius 1 is 0.964 bits per heavy atom. The first-order chi connectivity index (χ1) is 13.5. The average Bonchev–Trinajstić information content (AvgIpc) is 2.73. The molecule has 1 fully saturated rings. The van der Waals surface area contributed by atoms with Crippen molar-refractivity contribution in [3.05, 3.63) is 64.8 Å². The second kappa shape index (κ2) is 7.64. The SMILES string of the molecule is O=C(c1cnc2ccccc2c1S(=O)(=O)c1ccc(Br)cc1)N1CCCCC1. The number of nitrogens with zero attached hydrogens (tertiary/aromatic N) is 2. The Morgan fingerprint density at radius 2 is 1.64 bits per heavy atom. The van der Waals surface area contributed by atoms with E-state index < -0.39 is 9.84 Å². The summed E-state index contributed by atoms with van der Waals surface area (Å²) in [6, 6.07) is 13.5. The number of carbonyl (C=O) groups is 1. The predicted octanol–water partition coefficient (Wildman–Crippen LogP) is 4.46. The number of amides is 1. The number of likely N-dealkylation sites (tertiary alicyclic amines) is 1. The first-order valence-corrected chi connectivity index (χ1v) is 11.4. The maximum atomic E-state index is 13.6. The predicted molar refractivity (Wildman–Crippen MR) is 111 cm³/mol. The number of halogens is 1. The molecular formula is C21H19BrN2O3S. The molecular weight excluding hydrogens is 440 g/mol. The lowest BCUT2D eigenvalue weighted by Gasteiger charge is -2.27. The normalized spacial score (nSPS) is 15.0. The van der Waals surface area contributed by atoms with E-state index in [1.54, 1.807) is 53.4 Å². The van der Waals surface area contributed by atoms with Gasteiger partial charge in [-0.3, -0.25) is 9.78 Å². The average molecular weight is 459 g/mol. The first-order valence-electron chi connectivity index (χ1n) is 9.16. The highest BCUT2D eigenvalue weighted by molar-refractivity contribution is 9.10. The van der Waals surface area contributed by atoms with Crippen LogP contribution in [0, 0.1) is 0 Å². The molecule has 7 heteroatoms. The van der Waals surface area contributed by atoms with Gasteiger partial charge >= 0.3 is 0 Å². The molecule has 28 heavy (non-hydrogen) atoms. The van der Waals surface area contributed by atoms with Crippen LogP contribution >= 0.6 is 15.9 Å². The highest BCUT2D eigenvalue weighted by Crippen LogP contribution is 2.32. The van der Waals surface area contributed by atoms with Crippen LogP contribution in [0.2, 0.25) is 0 Å². The molecule has 1 aliphatic heterocycles. The summed E-state index contributed by atoms with van der Waals surface area (Å²) in [6.07, 6.45) is 4.36. The molecule has 0 saturated carbocycles. The zero-order chi connectivity index (χ0) is 19.7. The fourth-order valence-corrected chi connectivity index (χ4v) is 5.44. The van der Waals surface area contributed by atoms with Gasteiger partial charge in [-0.05, 0) is 49.6 Å². The maximum absolute atomic E-state index is 13.6. The van der Waals surface area contributed by atoms with Gasteiger partial charge in [-0.2, -0.15) is 0 Å². The summed E-state index contributed by atoms with van der Waals surface area (Å²) in [5, 5.41) is 0.466. The number of rotatable bonds is 3. The van der Waals surface area contributed by atoms with Crippen LogP contribution in [-0.2, 0) is 9.84 Å². The third-order valence-corrected chi connectivity index (χ3v) is 7.39. The Bertz CT molecular complexity index is 1140. The van der Waals surface area contributed by atoms with Gasteiger partial charge in [-0.25, -0.2) is 8.42 Å². The summed E-state index contributed by atoms with van der Waals surface area (Å²) in [6.45, 7) is 1.28. The number of para-hydroxylation sites is 1. The van der Waals surface area contributed by atoms with Gasteiger partial charge in [0.2, 0.25) is 9.84 Å². The van der Waals surface area contributed by atoms with Gasteiger partial charge in [-0.1, -0.05) is 34.1 Å². The van der Waals surface area contributed by atoms with Gasteiger partial charge in [-0.15, -0.1) is 0 Å². The van der Waals surface area contributed by atoms with Crippen LogP contribution in [0.4, 0.5) is 0 Å². The van der Waals surface area contributed by atoms with Crippen molar-refractivity contribution in [1.82, 2.24) is 9.88 Å². The van der Waals surface area contributed by atoms with Crippen LogP contribution < -0.4 is 0 Å². The summed E-state index contributed by atoms with van der Waals surface area (Å²) < 4.78 is 27.9. The van der Waals surface area contributed by atoms with E-state index in [0.717, 1.165) is 23.7 Å². The Hall–Kier alpha value is -2.25. The van der Waals surface area contributed by atoms with Crippen LogP contribution in [0.1, 0.15) is 29.6 Å². The molecule has 0 spiro atoms. The highest BCUT2D eigenvalue weighted by atomic mass is 79.9. The van der Waals surface area contributed by atoms with Crippen molar-refractivity contribution < 1.29 is 13.2 Å². The molecule has 144 valence electrons. The highest BCUT2D eigenvalue weighted by Gasteiger charge is 2.30. The third kappa shape index (κ3) is 3.44. The smallest absolute Gasteiger partial charge is 0.256 e. The third-order valence-electron chi connectivity index (χ3n) is 4.99. The molecule has 2 aromatic carbocycles. The molecule has 1 aliphatic rings. The summed E-state index contributed by atoms with van der Waals surface area (Å²) >= 11 is 3.33. The molecule has 4 rings (SSSR count). The van der Waals surface area contributed by atoms with Crippen LogP contribution in [0.5, 0.6) is 0 Å². The second-order valence-electron chi connectivity index (χ2n) is 6.83. The number of hydrogen-bond acceptors (Lipinski definition) is 4. The molecule has 0 unspecified atom stereocenters. The lowest BCUT2D eigenvalue weighted by atomic mass is 10.1.